The van der Waals surface area contributed by atoms with Crippen molar-refractivity contribution in [3.63, 3.8) is 0 Å². The van der Waals surface area contributed by atoms with Gasteiger partial charge in [0.05, 0.1) is 0 Å². The number of alkyl carbamates (subject to hydrolysis) is 1. The second-order valence-corrected chi connectivity index (χ2v) is 8.96. The molecular weight excluding hydrogens is 425 g/mol. The van der Waals surface area contributed by atoms with Gasteiger partial charge in [0.2, 0.25) is 0 Å². The Morgan fingerprint density at radius 1 is 0.867 bits per heavy atom. The largest absolute Gasteiger partial charge is 0.460 e. The molecule has 30 heavy (non-hydrogen) atoms. The molecule has 0 saturated carbocycles. The molecule has 0 saturated heterocycles. The van der Waals surface area contributed by atoms with E-state index in [1.54, 1.807) is 52.0 Å². The predicted octanol–water partition coefficient (Wildman–Crippen LogP) is 5.97. The van der Waals surface area contributed by atoms with Crippen LogP contribution < -0.4 is 5.32 Å². The van der Waals surface area contributed by atoms with Gasteiger partial charge in [-0.15, -0.1) is 0 Å². The number of rotatable bonds is 6. The minimum atomic E-state index is -0.863. The summed E-state index contributed by atoms with van der Waals surface area (Å²) in [7, 11) is 0. The van der Waals surface area contributed by atoms with Gasteiger partial charge in [0.25, 0.3) is 0 Å². The number of carbonyl (C=O) groups is 2. The fourth-order valence-electron chi connectivity index (χ4n) is 2.97. The van der Waals surface area contributed by atoms with Crippen molar-refractivity contribution >= 4 is 35.3 Å². The smallest absolute Gasteiger partial charge is 0.408 e. The van der Waals surface area contributed by atoms with Crippen molar-refractivity contribution in [3.05, 3.63) is 69.7 Å². The van der Waals surface area contributed by atoms with Gasteiger partial charge in [0.15, 0.2) is 0 Å². The van der Waals surface area contributed by atoms with Gasteiger partial charge >= 0.3 is 12.1 Å². The maximum absolute atomic E-state index is 12.6. The zero-order valence-electron chi connectivity index (χ0n) is 17.7. The molecule has 0 aliphatic rings. The fraction of sp³-hybridized carbons (Fsp3) is 0.391. The number of halogens is 2. The van der Waals surface area contributed by atoms with Crippen LogP contribution in [0.5, 0.6) is 0 Å². The van der Waals surface area contributed by atoms with Crippen molar-refractivity contribution in [2.45, 2.75) is 58.3 Å². The summed E-state index contributed by atoms with van der Waals surface area (Å²) in [6.07, 6.45) is -1.19. The highest BCUT2D eigenvalue weighted by Gasteiger charge is 2.28. The van der Waals surface area contributed by atoms with Crippen LogP contribution in [-0.4, -0.2) is 29.8 Å². The quantitative estimate of drug-likeness (QED) is 0.549. The van der Waals surface area contributed by atoms with E-state index >= 15 is 0 Å². The van der Waals surface area contributed by atoms with E-state index in [1.807, 2.05) is 31.2 Å². The van der Waals surface area contributed by atoms with Crippen molar-refractivity contribution in [2.24, 2.45) is 0 Å². The number of hydrogen-bond donors (Lipinski definition) is 1. The van der Waals surface area contributed by atoms with E-state index in [0.29, 0.717) is 10.0 Å². The molecule has 162 valence electrons. The van der Waals surface area contributed by atoms with E-state index in [4.69, 9.17) is 32.7 Å². The van der Waals surface area contributed by atoms with E-state index in [-0.39, 0.29) is 5.92 Å². The summed E-state index contributed by atoms with van der Waals surface area (Å²) >= 11 is 12.1. The van der Waals surface area contributed by atoms with Gasteiger partial charge in [-0.05, 0) is 70.0 Å². The number of benzene rings is 2. The Kier molecular flexibility index (Phi) is 8.16. The number of nitrogens with one attached hydrogen (secondary N) is 1. The molecule has 7 heteroatoms. The molecule has 0 aliphatic heterocycles. The Bertz CT molecular complexity index is 815. The lowest BCUT2D eigenvalue weighted by Gasteiger charge is -2.27. The van der Waals surface area contributed by atoms with Crippen molar-refractivity contribution in [3.8, 4) is 0 Å². The van der Waals surface area contributed by atoms with Crippen LogP contribution in [0.1, 0.15) is 51.7 Å². The Morgan fingerprint density at radius 2 is 1.30 bits per heavy atom. The van der Waals surface area contributed by atoms with E-state index in [1.165, 1.54) is 0 Å². The maximum atomic E-state index is 12.6. The third kappa shape index (κ3) is 7.22. The first-order valence-corrected chi connectivity index (χ1v) is 10.4. The summed E-state index contributed by atoms with van der Waals surface area (Å²) in [5.74, 6) is -0.793. The summed E-state index contributed by atoms with van der Waals surface area (Å²) in [5, 5.41) is 3.74. The number of esters is 1. The Labute approximate surface area is 187 Å². The molecule has 2 atom stereocenters. The molecule has 2 aromatic carbocycles. The summed E-state index contributed by atoms with van der Waals surface area (Å²) in [5.41, 5.74) is 1.22. The highest BCUT2D eigenvalue weighted by atomic mass is 35.5. The number of ether oxygens (including phenoxy) is 2. The fourth-order valence-corrected chi connectivity index (χ4v) is 3.22. The van der Waals surface area contributed by atoms with Crippen LogP contribution in [0.4, 0.5) is 4.79 Å². The van der Waals surface area contributed by atoms with Crippen LogP contribution in [0.3, 0.4) is 0 Å². The molecule has 1 amide bonds. The third-order valence-corrected chi connectivity index (χ3v) is 4.82. The minimum Gasteiger partial charge on any atom is -0.460 e. The van der Waals surface area contributed by atoms with E-state index in [0.717, 1.165) is 11.1 Å². The first kappa shape index (κ1) is 24.0. The van der Waals surface area contributed by atoms with Crippen molar-refractivity contribution in [1.82, 2.24) is 5.32 Å². The minimum absolute atomic E-state index is 0.239. The van der Waals surface area contributed by atoms with Crippen molar-refractivity contribution in [1.29, 1.82) is 0 Å². The first-order chi connectivity index (χ1) is 14.0. The first-order valence-electron chi connectivity index (χ1n) is 9.67. The second-order valence-electron chi connectivity index (χ2n) is 8.09. The SMILES string of the molecule is C[C@H](NC(=O)OC(C)(C)C)C(=O)O[C@@H](C)C(c1ccc(Cl)cc1)c1ccc(Cl)cc1. The van der Waals surface area contributed by atoms with Gasteiger partial charge in [-0.1, -0.05) is 47.5 Å². The van der Waals surface area contributed by atoms with Gasteiger partial charge in [-0.2, -0.15) is 0 Å². The molecule has 0 aromatic heterocycles. The molecule has 0 bridgehead atoms. The average molecular weight is 452 g/mol. The van der Waals surface area contributed by atoms with Gasteiger partial charge < -0.3 is 14.8 Å². The lowest BCUT2D eigenvalue weighted by atomic mass is 9.87. The molecule has 0 heterocycles. The van der Waals surface area contributed by atoms with Crippen molar-refractivity contribution < 1.29 is 19.1 Å². The molecule has 0 fully saturated rings. The maximum Gasteiger partial charge on any atom is 0.408 e. The lowest BCUT2D eigenvalue weighted by Crippen LogP contribution is -2.43. The molecule has 0 spiro atoms. The van der Waals surface area contributed by atoms with Crippen LogP contribution in [0, 0.1) is 0 Å². The Morgan fingerprint density at radius 3 is 1.70 bits per heavy atom. The highest BCUT2D eigenvalue weighted by Crippen LogP contribution is 2.31. The van der Waals surface area contributed by atoms with Crippen LogP contribution >= 0.6 is 23.2 Å². The lowest BCUT2D eigenvalue weighted by molar-refractivity contribution is -0.150. The molecule has 1 N–H and O–H groups in total. The number of carbonyl (C=O) groups excluding carboxylic acids is 2. The topological polar surface area (TPSA) is 64.6 Å². The normalized spacial score (nSPS) is 13.5. The summed E-state index contributed by atoms with van der Waals surface area (Å²) in [4.78, 5) is 24.5. The summed E-state index contributed by atoms with van der Waals surface area (Å²) in [6, 6.07) is 13.9. The Balaban J connectivity index is 2.16. The molecule has 0 aliphatic carbocycles. The van der Waals surface area contributed by atoms with Gasteiger partial charge in [-0.3, -0.25) is 0 Å². The van der Waals surface area contributed by atoms with Crippen LogP contribution in [-0.2, 0) is 14.3 Å². The predicted molar refractivity (Wildman–Crippen MR) is 119 cm³/mol. The van der Waals surface area contributed by atoms with E-state index in [9.17, 15) is 9.59 Å². The molecular formula is C23H27Cl2NO4. The third-order valence-electron chi connectivity index (χ3n) is 4.32. The molecule has 0 radical (unpaired) electrons. The van der Waals surface area contributed by atoms with Gasteiger partial charge in [0, 0.05) is 16.0 Å². The summed E-state index contributed by atoms with van der Waals surface area (Å²) < 4.78 is 10.9. The van der Waals surface area contributed by atoms with E-state index < -0.39 is 29.8 Å². The zero-order chi connectivity index (χ0) is 22.5. The molecule has 2 rings (SSSR count). The number of amides is 1. The van der Waals surface area contributed by atoms with Crippen molar-refractivity contribution in [2.75, 3.05) is 0 Å². The monoisotopic (exact) mass is 451 g/mol. The second kappa shape index (κ2) is 10.2. The molecule has 0 unspecified atom stereocenters. The highest BCUT2D eigenvalue weighted by molar-refractivity contribution is 6.30. The average Bonchev–Trinajstić information content (AvgIpc) is 2.63. The molecule has 5 nitrogen and oxygen atoms in total. The van der Waals surface area contributed by atoms with Crippen LogP contribution in [0.25, 0.3) is 0 Å². The number of hydrogen-bond acceptors (Lipinski definition) is 4. The zero-order valence-corrected chi connectivity index (χ0v) is 19.3. The summed E-state index contributed by atoms with van der Waals surface area (Å²) in [6.45, 7) is 8.62. The van der Waals surface area contributed by atoms with Crippen LogP contribution in [0.15, 0.2) is 48.5 Å². The van der Waals surface area contributed by atoms with E-state index in [2.05, 4.69) is 5.32 Å². The van der Waals surface area contributed by atoms with Gasteiger partial charge in [-0.25, -0.2) is 9.59 Å². The Hall–Kier alpha value is -2.24. The molecule has 2 aromatic rings. The standard InChI is InChI=1S/C23H27Cl2NO4/c1-14(26-22(28)30-23(3,4)5)21(27)29-15(2)20(16-6-10-18(24)11-7-16)17-8-12-19(25)13-9-17/h6-15,20H,1-5H3,(H,26,28)/t14-,15-/m0/s1. The van der Waals surface area contributed by atoms with Crippen LogP contribution in [0.2, 0.25) is 10.0 Å². The van der Waals surface area contributed by atoms with Gasteiger partial charge in [0.1, 0.15) is 17.7 Å².